The first kappa shape index (κ1) is 16.4. The van der Waals surface area contributed by atoms with Crippen molar-refractivity contribution in [1.82, 2.24) is 10.2 Å². The van der Waals surface area contributed by atoms with Crippen molar-refractivity contribution in [1.29, 1.82) is 0 Å². The summed E-state index contributed by atoms with van der Waals surface area (Å²) in [7, 11) is 0. The van der Waals surface area contributed by atoms with Gasteiger partial charge in [-0.25, -0.2) is 0 Å². The van der Waals surface area contributed by atoms with Crippen LogP contribution >= 0.6 is 0 Å². The lowest BCUT2D eigenvalue weighted by molar-refractivity contribution is -0.134. The predicted octanol–water partition coefficient (Wildman–Crippen LogP) is 0.587. The summed E-state index contributed by atoms with van der Waals surface area (Å²) >= 11 is 0. The number of morpholine rings is 1. The SMILES string of the molecule is CC(C)(C)[C@H](N)CNC(=O)C(C)(C)N1CCOCC1. The van der Waals surface area contributed by atoms with Gasteiger partial charge < -0.3 is 15.8 Å². The van der Waals surface area contributed by atoms with Crippen LogP contribution in [-0.2, 0) is 9.53 Å². The molecule has 0 aromatic carbocycles. The van der Waals surface area contributed by atoms with Crippen LogP contribution in [0.15, 0.2) is 0 Å². The Hall–Kier alpha value is -0.650. The third kappa shape index (κ3) is 4.44. The Bertz CT molecular complexity index is 304. The molecule has 0 radical (unpaired) electrons. The number of nitrogens with zero attached hydrogens (tertiary/aromatic N) is 1. The quantitative estimate of drug-likeness (QED) is 0.785. The Kier molecular flexibility index (Phi) is 5.35. The highest BCUT2D eigenvalue weighted by atomic mass is 16.5. The van der Waals surface area contributed by atoms with Crippen LogP contribution in [0.2, 0.25) is 0 Å². The molecule has 19 heavy (non-hydrogen) atoms. The van der Waals surface area contributed by atoms with Gasteiger partial charge >= 0.3 is 0 Å². The molecule has 5 nitrogen and oxygen atoms in total. The van der Waals surface area contributed by atoms with Gasteiger partial charge in [-0.2, -0.15) is 0 Å². The minimum atomic E-state index is -0.513. The van der Waals surface area contributed by atoms with Crippen LogP contribution in [0.5, 0.6) is 0 Å². The summed E-state index contributed by atoms with van der Waals surface area (Å²) in [5, 5.41) is 2.98. The van der Waals surface area contributed by atoms with Gasteiger partial charge in [0.2, 0.25) is 5.91 Å². The van der Waals surface area contributed by atoms with E-state index in [0.29, 0.717) is 19.8 Å². The molecule has 5 heteroatoms. The van der Waals surface area contributed by atoms with Gasteiger partial charge in [0.15, 0.2) is 0 Å². The molecular weight excluding hydrogens is 242 g/mol. The van der Waals surface area contributed by atoms with Gasteiger partial charge in [0.05, 0.1) is 18.8 Å². The highest BCUT2D eigenvalue weighted by Gasteiger charge is 2.35. The monoisotopic (exact) mass is 271 g/mol. The molecule has 0 aromatic rings. The summed E-state index contributed by atoms with van der Waals surface area (Å²) in [5.41, 5.74) is 5.56. The van der Waals surface area contributed by atoms with E-state index >= 15 is 0 Å². The maximum absolute atomic E-state index is 12.3. The molecule has 1 fully saturated rings. The van der Waals surface area contributed by atoms with E-state index in [2.05, 4.69) is 31.0 Å². The summed E-state index contributed by atoms with van der Waals surface area (Å²) in [5.74, 6) is 0.0362. The second kappa shape index (κ2) is 6.20. The minimum absolute atomic E-state index is 0.00358. The van der Waals surface area contributed by atoms with E-state index in [0.717, 1.165) is 13.1 Å². The fourth-order valence-electron chi connectivity index (χ4n) is 1.99. The molecular formula is C14H29N3O2. The van der Waals surface area contributed by atoms with E-state index in [-0.39, 0.29) is 17.4 Å². The molecule has 0 unspecified atom stereocenters. The molecule has 1 saturated heterocycles. The average Bonchev–Trinajstić information content (AvgIpc) is 2.35. The molecule has 0 spiro atoms. The molecule has 1 aliphatic rings. The lowest BCUT2D eigenvalue weighted by Gasteiger charge is -2.40. The number of carbonyl (C=O) groups is 1. The first-order valence-corrected chi connectivity index (χ1v) is 7.02. The van der Waals surface area contributed by atoms with Crippen molar-refractivity contribution < 1.29 is 9.53 Å². The summed E-state index contributed by atoms with van der Waals surface area (Å²) in [4.78, 5) is 14.5. The van der Waals surface area contributed by atoms with Crippen molar-refractivity contribution in [3.63, 3.8) is 0 Å². The Morgan fingerprint density at radius 1 is 1.26 bits per heavy atom. The summed E-state index contributed by atoms with van der Waals surface area (Å²) in [6.45, 7) is 13.6. The third-order valence-electron chi connectivity index (χ3n) is 3.95. The van der Waals surface area contributed by atoms with Gasteiger partial charge in [-0.15, -0.1) is 0 Å². The lowest BCUT2D eigenvalue weighted by Crippen LogP contribution is -2.59. The molecule has 0 bridgehead atoms. The van der Waals surface area contributed by atoms with Crippen LogP contribution < -0.4 is 11.1 Å². The van der Waals surface area contributed by atoms with E-state index in [1.165, 1.54) is 0 Å². The Labute approximate surface area is 116 Å². The number of hydrogen-bond acceptors (Lipinski definition) is 4. The Morgan fingerprint density at radius 3 is 2.26 bits per heavy atom. The van der Waals surface area contributed by atoms with E-state index in [9.17, 15) is 4.79 Å². The second-order valence-electron chi connectivity index (χ2n) is 6.84. The number of rotatable bonds is 4. The summed E-state index contributed by atoms with van der Waals surface area (Å²) in [6, 6.07) is -0.0445. The van der Waals surface area contributed by atoms with Gasteiger partial charge in [0.1, 0.15) is 0 Å². The fraction of sp³-hybridized carbons (Fsp3) is 0.929. The summed E-state index contributed by atoms with van der Waals surface area (Å²) < 4.78 is 5.32. The van der Waals surface area contributed by atoms with Crippen molar-refractivity contribution in [3.8, 4) is 0 Å². The van der Waals surface area contributed by atoms with Crippen LogP contribution in [0.3, 0.4) is 0 Å². The average molecular weight is 271 g/mol. The topological polar surface area (TPSA) is 67.6 Å². The first-order valence-electron chi connectivity index (χ1n) is 7.02. The Morgan fingerprint density at radius 2 is 1.79 bits per heavy atom. The van der Waals surface area contributed by atoms with Crippen molar-refractivity contribution in [2.24, 2.45) is 11.1 Å². The number of nitrogens with one attached hydrogen (secondary N) is 1. The molecule has 112 valence electrons. The van der Waals surface area contributed by atoms with Crippen LogP contribution in [-0.4, -0.2) is 55.2 Å². The van der Waals surface area contributed by atoms with Crippen molar-refractivity contribution in [2.75, 3.05) is 32.8 Å². The number of hydrogen-bond donors (Lipinski definition) is 2. The molecule has 0 aliphatic carbocycles. The molecule has 1 atom stereocenters. The van der Waals surface area contributed by atoms with Gasteiger partial charge in [-0.05, 0) is 19.3 Å². The van der Waals surface area contributed by atoms with Gasteiger partial charge in [0, 0.05) is 25.7 Å². The Balaban J connectivity index is 2.51. The largest absolute Gasteiger partial charge is 0.379 e. The van der Waals surface area contributed by atoms with Crippen LogP contribution in [0.25, 0.3) is 0 Å². The van der Waals surface area contributed by atoms with Crippen molar-refractivity contribution >= 4 is 5.91 Å². The van der Waals surface area contributed by atoms with Crippen LogP contribution in [0.4, 0.5) is 0 Å². The van der Waals surface area contributed by atoms with Crippen molar-refractivity contribution in [2.45, 2.75) is 46.2 Å². The zero-order chi connectivity index (χ0) is 14.7. The second-order valence-corrected chi connectivity index (χ2v) is 6.84. The maximum atomic E-state index is 12.3. The zero-order valence-corrected chi connectivity index (χ0v) is 13.0. The molecule has 1 aliphatic heterocycles. The van der Waals surface area contributed by atoms with E-state index in [1.54, 1.807) is 0 Å². The standard InChI is InChI=1S/C14H29N3O2/c1-13(2,3)11(15)10-16-12(18)14(4,5)17-6-8-19-9-7-17/h11H,6-10,15H2,1-5H3,(H,16,18)/t11-/m1/s1. The first-order chi connectivity index (χ1) is 8.65. The van der Waals surface area contributed by atoms with Gasteiger partial charge in [-0.1, -0.05) is 20.8 Å². The third-order valence-corrected chi connectivity index (χ3v) is 3.95. The van der Waals surface area contributed by atoms with Crippen LogP contribution in [0, 0.1) is 5.41 Å². The molecule has 0 aromatic heterocycles. The maximum Gasteiger partial charge on any atom is 0.240 e. The highest BCUT2D eigenvalue weighted by Crippen LogP contribution is 2.18. The molecule has 3 N–H and O–H groups in total. The summed E-state index contributed by atoms with van der Waals surface area (Å²) in [6.07, 6.45) is 0. The van der Waals surface area contributed by atoms with Gasteiger partial charge in [-0.3, -0.25) is 9.69 Å². The minimum Gasteiger partial charge on any atom is -0.379 e. The molecule has 1 amide bonds. The molecule has 0 saturated carbocycles. The molecule has 1 heterocycles. The highest BCUT2D eigenvalue weighted by molar-refractivity contribution is 5.85. The normalized spacial score (nSPS) is 20.1. The van der Waals surface area contributed by atoms with E-state index < -0.39 is 5.54 Å². The van der Waals surface area contributed by atoms with Gasteiger partial charge in [0.25, 0.3) is 0 Å². The zero-order valence-electron chi connectivity index (χ0n) is 13.0. The van der Waals surface area contributed by atoms with E-state index in [4.69, 9.17) is 10.5 Å². The smallest absolute Gasteiger partial charge is 0.240 e. The van der Waals surface area contributed by atoms with Crippen molar-refractivity contribution in [3.05, 3.63) is 0 Å². The number of carbonyl (C=O) groups excluding carboxylic acids is 1. The fourth-order valence-corrected chi connectivity index (χ4v) is 1.99. The van der Waals surface area contributed by atoms with Crippen LogP contribution in [0.1, 0.15) is 34.6 Å². The number of amides is 1. The number of nitrogens with two attached hydrogens (primary N) is 1. The lowest BCUT2D eigenvalue weighted by atomic mass is 9.87. The van der Waals surface area contributed by atoms with E-state index in [1.807, 2.05) is 13.8 Å². The predicted molar refractivity (Wildman–Crippen MR) is 76.9 cm³/mol. The molecule has 1 rings (SSSR count). The number of ether oxygens (including phenoxy) is 1.